The molecule has 0 bridgehead atoms. The molecule has 0 aliphatic carbocycles. The third-order valence-electron chi connectivity index (χ3n) is 2.42. The number of nitrogens with zero attached hydrogens (tertiary/aromatic N) is 1. The number of carboxylic acids is 1. The van der Waals surface area contributed by atoms with Crippen molar-refractivity contribution in [3.8, 4) is 0 Å². The Labute approximate surface area is 100 Å². The number of hydrogen-bond donors (Lipinski definition) is 2. The first-order valence-corrected chi connectivity index (χ1v) is 6.78. The zero-order chi connectivity index (χ0) is 11.7. The van der Waals surface area contributed by atoms with Gasteiger partial charge in [0.15, 0.2) is 0 Å². The van der Waals surface area contributed by atoms with Gasteiger partial charge >= 0.3 is 5.97 Å². The van der Waals surface area contributed by atoms with E-state index in [0.717, 1.165) is 11.8 Å². The highest BCUT2D eigenvalue weighted by Gasteiger charge is 2.39. The number of nitrogens with one attached hydrogen (secondary N) is 1. The molecule has 0 aromatic carbocycles. The van der Waals surface area contributed by atoms with Crippen LogP contribution in [0.4, 0.5) is 4.79 Å². The molecule has 2 aliphatic rings. The Morgan fingerprint density at radius 2 is 2.19 bits per heavy atom. The number of carboxylic acid groups (broad SMARTS) is 1. The molecule has 2 N–H and O–H groups in total. The summed E-state index contributed by atoms with van der Waals surface area (Å²) in [6.07, 6.45) is 0. The van der Waals surface area contributed by atoms with Crippen LogP contribution in [0.3, 0.4) is 0 Å². The third kappa shape index (κ3) is 2.12. The van der Waals surface area contributed by atoms with Crippen LogP contribution in [0.1, 0.15) is 0 Å². The molecule has 16 heavy (non-hydrogen) atoms. The normalized spacial score (nSPS) is 29.2. The highest BCUT2D eigenvalue weighted by molar-refractivity contribution is 8.14. The van der Waals surface area contributed by atoms with Gasteiger partial charge in [-0.2, -0.15) is 0 Å². The number of carbonyl (C=O) groups excluding carboxylic acids is 2. The largest absolute Gasteiger partial charge is 0.480 e. The second kappa shape index (κ2) is 4.54. The summed E-state index contributed by atoms with van der Waals surface area (Å²) in [7, 11) is 0. The van der Waals surface area contributed by atoms with Gasteiger partial charge in [-0.05, 0) is 0 Å². The van der Waals surface area contributed by atoms with E-state index in [0.29, 0.717) is 17.4 Å². The van der Waals surface area contributed by atoms with Crippen molar-refractivity contribution in [1.29, 1.82) is 0 Å². The van der Waals surface area contributed by atoms with Crippen LogP contribution in [0.25, 0.3) is 0 Å². The number of thioether (sulfide) groups is 2. The van der Waals surface area contributed by atoms with E-state index in [1.54, 1.807) is 0 Å². The molecule has 0 aromatic heterocycles. The smallest absolute Gasteiger partial charge is 0.327 e. The van der Waals surface area contributed by atoms with Crippen molar-refractivity contribution in [1.82, 2.24) is 10.2 Å². The summed E-state index contributed by atoms with van der Waals surface area (Å²) in [6, 6.07) is -1.34. The van der Waals surface area contributed by atoms with Gasteiger partial charge < -0.3 is 15.3 Å². The molecule has 0 aromatic rings. The second-order valence-electron chi connectivity index (χ2n) is 3.46. The van der Waals surface area contributed by atoms with Crippen molar-refractivity contribution in [3.63, 3.8) is 0 Å². The van der Waals surface area contributed by atoms with Crippen LogP contribution in [0.2, 0.25) is 0 Å². The molecule has 2 rings (SSSR count). The summed E-state index contributed by atoms with van der Waals surface area (Å²) in [5.74, 6) is -0.113. The minimum atomic E-state index is -0.990. The van der Waals surface area contributed by atoms with E-state index in [9.17, 15) is 14.4 Å². The van der Waals surface area contributed by atoms with E-state index in [-0.39, 0.29) is 11.1 Å². The zero-order valence-corrected chi connectivity index (χ0v) is 9.84. The molecule has 2 saturated heterocycles. The maximum atomic E-state index is 11.9. The molecule has 2 amide bonds. The first-order chi connectivity index (χ1) is 7.59. The Kier molecular flexibility index (Phi) is 3.29. The van der Waals surface area contributed by atoms with Crippen molar-refractivity contribution in [2.45, 2.75) is 12.1 Å². The fourth-order valence-corrected chi connectivity index (χ4v) is 3.51. The Morgan fingerprint density at radius 1 is 1.44 bits per heavy atom. The van der Waals surface area contributed by atoms with Crippen molar-refractivity contribution in [2.75, 3.05) is 17.4 Å². The van der Waals surface area contributed by atoms with Crippen molar-refractivity contribution in [3.05, 3.63) is 0 Å². The van der Waals surface area contributed by atoms with E-state index in [4.69, 9.17) is 5.11 Å². The average molecular weight is 262 g/mol. The monoisotopic (exact) mass is 262 g/mol. The molecular formula is C8H10N2O4S2. The van der Waals surface area contributed by atoms with E-state index >= 15 is 0 Å². The fraction of sp³-hybridized carbons (Fsp3) is 0.625. The summed E-state index contributed by atoms with van der Waals surface area (Å²) in [5, 5.41) is 11.2. The van der Waals surface area contributed by atoms with Crippen LogP contribution in [-0.4, -0.2) is 56.6 Å². The first-order valence-electron chi connectivity index (χ1n) is 4.64. The lowest BCUT2D eigenvalue weighted by Gasteiger charge is -2.23. The lowest BCUT2D eigenvalue weighted by atomic mass is 10.2. The maximum absolute atomic E-state index is 11.9. The molecule has 2 heterocycles. The Morgan fingerprint density at radius 3 is 2.75 bits per heavy atom. The Hall–Kier alpha value is -0.890. The van der Waals surface area contributed by atoms with Crippen molar-refractivity contribution >= 4 is 40.6 Å². The Bertz CT molecular complexity index is 349. The van der Waals surface area contributed by atoms with Gasteiger partial charge in [-0.3, -0.25) is 9.59 Å². The summed E-state index contributed by atoms with van der Waals surface area (Å²) in [5.41, 5.74) is 0. The molecule has 0 radical (unpaired) electrons. The second-order valence-corrected chi connectivity index (χ2v) is 5.45. The van der Waals surface area contributed by atoms with Crippen molar-refractivity contribution < 1.29 is 19.5 Å². The van der Waals surface area contributed by atoms with Gasteiger partial charge in [-0.25, -0.2) is 4.79 Å². The van der Waals surface area contributed by atoms with E-state index in [1.165, 1.54) is 16.7 Å². The fourth-order valence-electron chi connectivity index (χ4n) is 1.58. The predicted octanol–water partition coefficient (Wildman–Crippen LogP) is -0.203. The standard InChI is InChI=1S/C8H10N2O4S2/c11-6(4-1-16-8(14)9-4)10-3-15-2-5(10)7(12)13/h4-5H,1-3H2,(H,9,14)(H,12,13)/t4?,5-/m0/s1. The lowest BCUT2D eigenvalue weighted by Crippen LogP contribution is -2.50. The quantitative estimate of drug-likeness (QED) is 0.716. The van der Waals surface area contributed by atoms with Gasteiger partial charge in [0.05, 0.1) is 5.88 Å². The van der Waals surface area contributed by atoms with Crippen LogP contribution < -0.4 is 5.32 Å². The van der Waals surface area contributed by atoms with Crippen LogP contribution >= 0.6 is 23.5 Å². The molecule has 88 valence electrons. The number of rotatable bonds is 2. The molecule has 0 saturated carbocycles. The van der Waals surface area contributed by atoms with Gasteiger partial charge in [0, 0.05) is 11.5 Å². The SMILES string of the molecule is O=C1NC(C(=O)N2CSC[C@H]2C(=O)O)CS1. The summed E-state index contributed by atoms with van der Waals surface area (Å²) in [6.45, 7) is 0. The molecule has 2 fully saturated rings. The highest BCUT2D eigenvalue weighted by Crippen LogP contribution is 2.24. The molecule has 8 heteroatoms. The van der Waals surface area contributed by atoms with Crippen molar-refractivity contribution in [2.24, 2.45) is 0 Å². The molecule has 2 aliphatic heterocycles. The number of amides is 2. The van der Waals surface area contributed by atoms with Crippen LogP contribution in [-0.2, 0) is 9.59 Å². The molecule has 2 atom stereocenters. The van der Waals surface area contributed by atoms with Crippen LogP contribution in [0.5, 0.6) is 0 Å². The minimum Gasteiger partial charge on any atom is -0.480 e. The van der Waals surface area contributed by atoms with Crippen LogP contribution in [0, 0.1) is 0 Å². The maximum Gasteiger partial charge on any atom is 0.327 e. The molecule has 1 unspecified atom stereocenters. The van der Waals surface area contributed by atoms with Gasteiger partial charge in [0.1, 0.15) is 12.1 Å². The summed E-state index contributed by atoms with van der Waals surface area (Å²) >= 11 is 2.46. The Balaban J connectivity index is 2.03. The molecule has 0 spiro atoms. The van der Waals surface area contributed by atoms with Gasteiger partial charge in [0.2, 0.25) is 5.91 Å². The molecule has 6 nitrogen and oxygen atoms in total. The van der Waals surface area contributed by atoms with Gasteiger partial charge in [-0.15, -0.1) is 11.8 Å². The van der Waals surface area contributed by atoms with E-state index < -0.39 is 18.1 Å². The summed E-state index contributed by atoms with van der Waals surface area (Å²) in [4.78, 5) is 35.1. The van der Waals surface area contributed by atoms with Gasteiger partial charge in [-0.1, -0.05) is 11.8 Å². The van der Waals surface area contributed by atoms with E-state index in [2.05, 4.69) is 5.32 Å². The first kappa shape index (κ1) is 11.6. The number of carbonyl (C=O) groups is 3. The highest BCUT2D eigenvalue weighted by atomic mass is 32.2. The predicted molar refractivity (Wildman–Crippen MR) is 60.4 cm³/mol. The minimum absolute atomic E-state index is 0.225. The number of aliphatic carboxylic acids is 1. The van der Waals surface area contributed by atoms with E-state index in [1.807, 2.05) is 0 Å². The number of hydrogen-bond acceptors (Lipinski definition) is 5. The average Bonchev–Trinajstić information content (AvgIpc) is 2.84. The summed E-state index contributed by atoms with van der Waals surface area (Å²) < 4.78 is 0. The lowest BCUT2D eigenvalue weighted by molar-refractivity contribution is -0.148. The topological polar surface area (TPSA) is 86.7 Å². The van der Waals surface area contributed by atoms with Gasteiger partial charge in [0.25, 0.3) is 5.24 Å². The third-order valence-corrected chi connectivity index (χ3v) is 4.31. The zero-order valence-electron chi connectivity index (χ0n) is 8.21. The molecular weight excluding hydrogens is 252 g/mol. The van der Waals surface area contributed by atoms with Crippen LogP contribution in [0.15, 0.2) is 0 Å².